The summed E-state index contributed by atoms with van der Waals surface area (Å²) in [4.78, 5) is 2.70. The van der Waals surface area contributed by atoms with E-state index in [0.717, 1.165) is 19.6 Å². The number of fused-ring (bicyclic) bond motifs is 1. The van der Waals surface area contributed by atoms with Crippen LogP contribution in [0, 0.1) is 0 Å². The summed E-state index contributed by atoms with van der Waals surface area (Å²) in [5.41, 5.74) is 6.35. The van der Waals surface area contributed by atoms with Crippen molar-refractivity contribution in [3.8, 4) is 0 Å². The Morgan fingerprint density at radius 1 is 1.20 bits per heavy atom. The second-order valence-corrected chi connectivity index (χ2v) is 6.73. The Balaban J connectivity index is 1.86. The molecule has 4 unspecified atom stereocenters. The van der Waals surface area contributed by atoms with Gasteiger partial charge in [0.25, 0.3) is 0 Å². The van der Waals surface area contributed by atoms with Gasteiger partial charge in [0.1, 0.15) is 0 Å². The van der Waals surface area contributed by atoms with E-state index in [1.54, 1.807) is 0 Å². The van der Waals surface area contributed by atoms with Crippen LogP contribution in [0.1, 0.15) is 51.4 Å². The summed E-state index contributed by atoms with van der Waals surface area (Å²) in [5.74, 6) is 0. The van der Waals surface area contributed by atoms with Crippen LogP contribution < -0.4 is 5.73 Å². The molecular formula is C16H30N2O2. The van der Waals surface area contributed by atoms with E-state index in [2.05, 4.69) is 4.90 Å². The minimum Gasteiger partial charge on any atom is -0.379 e. The third kappa shape index (κ3) is 2.41. The molecule has 3 aliphatic rings. The van der Waals surface area contributed by atoms with Crippen molar-refractivity contribution in [2.24, 2.45) is 5.73 Å². The third-order valence-electron chi connectivity index (χ3n) is 5.87. The van der Waals surface area contributed by atoms with Crippen molar-refractivity contribution in [3.05, 3.63) is 0 Å². The number of methoxy groups -OCH3 is 1. The van der Waals surface area contributed by atoms with Crippen LogP contribution in [0.4, 0.5) is 0 Å². The van der Waals surface area contributed by atoms with Gasteiger partial charge in [-0.05, 0) is 25.7 Å². The van der Waals surface area contributed by atoms with Crippen LogP contribution in [-0.2, 0) is 9.47 Å². The molecular weight excluding hydrogens is 252 g/mol. The van der Waals surface area contributed by atoms with E-state index in [-0.39, 0.29) is 5.54 Å². The normalized spacial score (nSPS) is 43.2. The minimum absolute atomic E-state index is 0.0526. The molecule has 20 heavy (non-hydrogen) atoms. The van der Waals surface area contributed by atoms with Crippen LogP contribution in [0.15, 0.2) is 0 Å². The molecule has 2 aliphatic carbocycles. The lowest BCUT2D eigenvalue weighted by Crippen LogP contribution is -2.70. The highest BCUT2D eigenvalue weighted by molar-refractivity contribution is 5.05. The van der Waals surface area contributed by atoms with Crippen molar-refractivity contribution < 1.29 is 9.47 Å². The molecule has 3 fully saturated rings. The van der Waals surface area contributed by atoms with E-state index >= 15 is 0 Å². The fourth-order valence-electron chi connectivity index (χ4n) is 4.86. The molecule has 2 saturated carbocycles. The Morgan fingerprint density at radius 3 is 2.80 bits per heavy atom. The monoisotopic (exact) mass is 282 g/mol. The van der Waals surface area contributed by atoms with E-state index < -0.39 is 0 Å². The number of nitrogens with zero attached hydrogens (tertiary/aromatic N) is 1. The highest BCUT2D eigenvalue weighted by atomic mass is 16.5. The van der Waals surface area contributed by atoms with Crippen LogP contribution in [0.3, 0.4) is 0 Å². The summed E-state index contributed by atoms with van der Waals surface area (Å²) in [7, 11) is 1.86. The van der Waals surface area contributed by atoms with Gasteiger partial charge in [-0.25, -0.2) is 0 Å². The Bertz CT molecular complexity index is 324. The van der Waals surface area contributed by atoms with Gasteiger partial charge >= 0.3 is 0 Å². The molecule has 3 rings (SSSR count). The molecule has 0 amide bonds. The summed E-state index contributed by atoms with van der Waals surface area (Å²) in [5, 5.41) is 0. The van der Waals surface area contributed by atoms with Crippen molar-refractivity contribution in [1.82, 2.24) is 4.90 Å². The summed E-state index contributed by atoms with van der Waals surface area (Å²) in [6, 6.07) is 0.566. The van der Waals surface area contributed by atoms with Gasteiger partial charge in [0.05, 0.1) is 24.4 Å². The SMILES string of the molecule is COC1CCCCC1(CN)N1CCOC2CCCCC21. The van der Waals surface area contributed by atoms with Crippen molar-refractivity contribution >= 4 is 0 Å². The average molecular weight is 282 g/mol. The lowest BCUT2D eigenvalue weighted by Gasteiger charge is -2.57. The quantitative estimate of drug-likeness (QED) is 0.859. The zero-order valence-electron chi connectivity index (χ0n) is 12.9. The van der Waals surface area contributed by atoms with E-state index in [1.165, 1.54) is 44.9 Å². The second-order valence-electron chi connectivity index (χ2n) is 6.73. The molecule has 4 heteroatoms. The number of ether oxygens (including phenoxy) is 2. The Kier molecular flexibility index (Phi) is 4.65. The van der Waals surface area contributed by atoms with Gasteiger partial charge in [0, 0.05) is 26.2 Å². The van der Waals surface area contributed by atoms with Crippen LogP contribution in [0.2, 0.25) is 0 Å². The topological polar surface area (TPSA) is 47.7 Å². The lowest BCUT2D eigenvalue weighted by molar-refractivity contribution is -0.164. The molecule has 1 heterocycles. The van der Waals surface area contributed by atoms with Gasteiger partial charge in [0.2, 0.25) is 0 Å². The fourth-order valence-corrected chi connectivity index (χ4v) is 4.86. The summed E-state index contributed by atoms with van der Waals surface area (Å²) in [6.07, 6.45) is 10.8. The van der Waals surface area contributed by atoms with Crippen LogP contribution in [0.5, 0.6) is 0 Å². The van der Waals surface area contributed by atoms with Gasteiger partial charge < -0.3 is 15.2 Å². The highest BCUT2D eigenvalue weighted by Gasteiger charge is 2.50. The van der Waals surface area contributed by atoms with Crippen LogP contribution >= 0.6 is 0 Å². The minimum atomic E-state index is 0.0526. The molecule has 0 radical (unpaired) electrons. The van der Waals surface area contributed by atoms with Gasteiger partial charge in [-0.3, -0.25) is 4.90 Å². The Labute approximate surface area is 123 Å². The number of morpholine rings is 1. The molecule has 1 aliphatic heterocycles. The zero-order valence-corrected chi connectivity index (χ0v) is 12.9. The molecule has 0 aromatic carbocycles. The maximum Gasteiger partial charge on any atom is 0.0767 e. The first-order valence-corrected chi connectivity index (χ1v) is 8.43. The largest absolute Gasteiger partial charge is 0.379 e. The second kappa shape index (κ2) is 6.30. The third-order valence-corrected chi connectivity index (χ3v) is 5.87. The van der Waals surface area contributed by atoms with Gasteiger partial charge in [-0.15, -0.1) is 0 Å². The van der Waals surface area contributed by atoms with Gasteiger partial charge in [-0.1, -0.05) is 25.7 Å². The molecule has 116 valence electrons. The lowest BCUT2D eigenvalue weighted by atomic mass is 9.75. The van der Waals surface area contributed by atoms with E-state index in [1.807, 2.05) is 7.11 Å². The maximum atomic E-state index is 6.29. The number of hydrogen-bond acceptors (Lipinski definition) is 4. The number of rotatable bonds is 3. The number of hydrogen-bond donors (Lipinski definition) is 1. The smallest absolute Gasteiger partial charge is 0.0767 e. The van der Waals surface area contributed by atoms with Crippen molar-refractivity contribution in [2.45, 2.75) is 75.2 Å². The van der Waals surface area contributed by atoms with Gasteiger partial charge in [-0.2, -0.15) is 0 Å². The maximum absolute atomic E-state index is 6.29. The van der Waals surface area contributed by atoms with E-state index in [9.17, 15) is 0 Å². The molecule has 0 aromatic heterocycles. The van der Waals surface area contributed by atoms with E-state index in [0.29, 0.717) is 24.8 Å². The summed E-state index contributed by atoms with van der Waals surface area (Å²) >= 11 is 0. The van der Waals surface area contributed by atoms with Crippen molar-refractivity contribution in [2.75, 3.05) is 26.8 Å². The standard InChI is InChI=1S/C16H30N2O2/c1-19-15-8-4-5-9-16(15,12-17)18-10-11-20-14-7-3-2-6-13(14)18/h13-15H,2-12,17H2,1H3. The molecule has 4 nitrogen and oxygen atoms in total. The van der Waals surface area contributed by atoms with Crippen LogP contribution in [0.25, 0.3) is 0 Å². The van der Waals surface area contributed by atoms with E-state index in [4.69, 9.17) is 15.2 Å². The number of nitrogens with two attached hydrogens (primary N) is 1. The summed E-state index contributed by atoms with van der Waals surface area (Å²) < 4.78 is 11.9. The Morgan fingerprint density at radius 2 is 2.00 bits per heavy atom. The fraction of sp³-hybridized carbons (Fsp3) is 1.00. The molecule has 0 aromatic rings. The first kappa shape index (κ1) is 14.8. The average Bonchev–Trinajstić information content (AvgIpc) is 2.54. The zero-order chi connectivity index (χ0) is 14.0. The van der Waals surface area contributed by atoms with Crippen molar-refractivity contribution in [1.29, 1.82) is 0 Å². The molecule has 4 atom stereocenters. The predicted molar refractivity (Wildman–Crippen MR) is 79.8 cm³/mol. The highest BCUT2D eigenvalue weighted by Crippen LogP contribution is 2.40. The van der Waals surface area contributed by atoms with Crippen LogP contribution in [-0.4, -0.2) is 55.5 Å². The molecule has 2 N–H and O–H groups in total. The summed E-state index contributed by atoms with van der Waals surface area (Å²) in [6.45, 7) is 2.60. The Hall–Kier alpha value is -0.160. The first-order valence-electron chi connectivity index (χ1n) is 8.43. The van der Waals surface area contributed by atoms with Gasteiger partial charge in [0.15, 0.2) is 0 Å². The predicted octanol–water partition coefficient (Wildman–Crippen LogP) is 1.92. The first-order chi connectivity index (χ1) is 9.81. The molecule has 1 saturated heterocycles. The molecule has 0 bridgehead atoms. The molecule has 0 spiro atoms. The van der Waals surface area contributed by atoms with Crippen molar-refractivity contribution in [3.63, 3.8) is 0 Å².